The van der Waals surface area contributed by atoms with Crippen molar-refractivity contribution in [3.05, 3.63) is 204 Å². The van der Waals surface area contributed by atoms with Crippen LogP contribution in [0.3, 0.4) is 0 Å². The van der Waals surface area contributed by atoms with Crippen molar-refractivity contribution in [1.82, 2.24) is 50.8 Å². The van der Waals surface area contributed by atoms with Gasteiger partial charge in [-0.2, -0.15) is 36.5 Å². The summed E-state index contributed by atoms with van der Waals surface area (Å²) in [7, 11) is -3.85. The Bertz CT molecular complexity index is 3310. The Morgan fingerprint density at radius 1 is 0.486 bits per heavy atom. The molecule has 0 saturated heterocycles. The first-order valence-electron chi connectivity index (χ1n) is 21.9. The van der Waals surface area contributed by atoms with E-state index in [0.29, 0.717) is 16.9 Å². The summed E-state index contributed by atoms with van der Waals surface area (Å²) in [5, 5.41) is 17.4. The predicted octanol–water partition coefficient (Wildman–Crippen LogP) is 7.88. The molecule has 0 spiro atoms. The van der Waals surface area contributed by atoms with Crippen molar-refractivity contribution in [2.45, 2.75) is 32.2 Å². The molecule has 0 fully saturated rings. The highest BCUT2D eigenvalue weighted by Crippen LogP contribution is 2.33. The average Bonchev–Trinajstić information content (AvgIpc) is 4.08. The molecule has 0 atom stereocenters. The van der Waals surface area contributed by atoms with Crippen molar-refractivity contribution in [3.8, 4) is 11.4 Å². The summed E-state index contributed by atoms with van der Waals surface area (Å²) in [6.07, 6.45) is -5.10. The van der Waals surface area contributed by atoms with E-state index >= 15 is 0 Å². The molecule has 4 aromatic heterocycles. The quantitative estimate of drug-likeness (QED) is 0.0540. The number of hydrogen-bond acceptors (Lipinski definition) is 11. The van der Waals surface area contributed by atoms with Crippen LogP contribution in [0, 0.1) is 0 Å². The highest BCUT2D eigenvalue weighted by atomic mass is 32.2. The Hall–Kier alpha value is -8.64. The van der Waals surface area contributed by atoms with Crippen LogP contribution in [0.4, 0.5) is 26.3 Å². The molecule has 0 aliphatic rings. The van der Waals surface area contributed by atoms with E-state index < -0.39 is 68.3 Å². The summed E-state index contributed by atoms with van der Waals surface area (Å²) in [6, 6.07) is 39.4. The van der Waals surface area contributed by atoms with Gasteiger partial charge in [0.2, 0.25) is 9.84 Å². The SMILES string of the molecule is O=C(NCCNC(=O)c1cn(-c2ccccc2)nc1C(F)(F)F)c1ccc(S(=O)(=O)c2ccccc2)nc1.O=C(NCCNC(=O)c1cn(-c2ccccc2)nc1C(F)(F)F)c1ccc(Sc2ccccc2)nc1. The van der Waals surface area contributed by atoms with E-state index in [-0.39, 0.29) is 41.7 Å². The zero-order valence-electron chi connectivity index (χ0n) is 38.2. The van der Waals surface area contributed by atoms with Crippen molar-refractivity contribution >= 4 is 45.2 Å². The molecule has 4 N–H and O–H groups in total. The molecule has 0 aliphatic heterocycles. The van der Waals surface area contributed by atoms with Crippen molar-refractivity contribution in [2.24, 2.45) is 0 Å². The monoisotopic (exact) mass is 1050 g/mol. The first kappa shape index (κ1) is 53.2. The predicted molar refractivity (Wildman–Crippen MR) is 257 cm³/mol. The van der Waals surface area contributed by atoms with Crippen molar-refractivity contribution in [2.75, 3.05) is 26.2 Å². The van der Waals surface area contributed by atoms with E-state index in [0.717, 1.165) is 37.9 Å². The molecular formula is C50H40F6N10O6S2. The molecule has 0 unspecified atom stereocenters. The zero-order valence-corrected chi connectivity index (χ0v) is 39.8. The lowest BCUT2D eigenvalue weighted by molar-refractivity contribution is -0.142. The van der Waals surface area contributed by atoms with Gasteiger partial charge in [0.15, 0.2) is 16.4 Å². The lowest BCUT2D eigenvalue weighted by Gasteiger charge is -2.09. The fraction of sp³-hybridized carbons (Fsp3) is 0.120. The zero-order chi connectivity index (χ0) is 52.9. The Labute approximate surface area is 422 Å². The molecule has 4 heterocycles. The van der Waals surface area contributed by atoms with Crippen LogP contribution in [0.2, 0.25) is 0 Å². The van der Waals surface area contributed by atoms with Gasteiger partial charge in [-0.05, 0) is 72.8 Å². The van der Waals surface area contributed by atoms with Gasteiger partial charge < -0.3 is 21.3 Å². The summed E-state index contributed by atoms with van der Waals surface area (Å²) in [5.74, 6) is -2.97. The lowest BCUT2D eigenvalue weighted by atomic mass is 10.2. The van der Waals surface area contributed by atoms with Crippen molar-refractivity contribution in [3.63, 3.8) is 0 Å². The van der Waals surface area contributed by atoms with Gasteiger partial charge in [0.05, 0.1) is 38.5 Å². The summed E-state index contributed by atoms with van der Waals surface area (Å²) < 4.78 is 108. The molecule has 0 bridgehead atoms. The van der Waals surface area contributed by atoms with E-state index in [9.17, 15) is 53.9 Å². The number of halogens is 6. The van der Waals surface area contributed by atoms with Crippen LogP contribution < -0.4 is 21.3 Å². The number of hydrogen-bond donors (Lipinski definition) is 4. The van der Waals surface area contributed by atoms with Gasteiger partial charge in [0, 0.05) is 55.9 Å². The maximum absolute atomic E-state index is 13.5. The van der Waals surface area contributed by atoms with E-state index in [1.54, 1.807) is 91.0 Å². The molecule has 74 heavy (non-hydrogen) atoms. The molecule has 8 aromatic rings. The lowest BCUT2D eigenvalue weighted by Crippen LogP contribution is -2.35. The number of carbonyl (C=O) groups excluding carboxylic acids is 4. The van der Waals surface area contributed by atoms with Crippen LogP contribution >= 0.6 is 11.8 Å². The average molecular weight is 1060 g/mol. The second-order valence-corrected chi connectivity index (χ2v) is 18.4. The molecular weight excluding hydrogens is 1010 g/mol. The molecule has 380 valence electrons. The van der Waals surface area contributed by atoms with Crippen LogP contribution in [0.5, 0.6) is 0 Å². The van der Waals surface area contributed by atoms with Gasteiger partial charge in [-0.25, -0.2) is 27.7 Å². The fourth-order valence-corrected chi connectivity index (χ4v) is 8.57. The number of aromatic nitrogens is 6. The maximum Gasteiger partial charge on any atom is 0.435 e. The van der Waals surface area contributed by atoms with Gasteiger partial charge in [0.1, 0.15) is 5.03 Å². The minimum absolute atomic E-state index is 0.0132. The van der Waals surface area contributed by atoms with E-state index in [2.05, 4.69) is 41.4 Å². The van der Waals surface area contributed by atoms with Gasteiger partial charge >= 0.3 is 12.4 Å². The highest BCUT2D eigenvalue weighted by Gasteiger charge is 2.40. The second kappa shape index (κ2) is 23.7. The van der Waals surface area contributed by atoms with Crippen LogP contribution in [0.25, 0.3) is 11.4 Å². The largest absolute Gasteiger partial charge is 0.435 e. The Balaban J connectivity index is 0.000000217. The first-order chi connectivity index (χ1) is 35.4. The van der Waals surface area contributed by atoms with Crippen LogP contribution in [0.15, 0.2) is 190 Å². The summed E-state index contributed by atoms with van der Waals surface area (Å²) in [6.45, 7) is -0.345. The van der Waals surface area contributed by atoms with Crippen LogP contribution in [-0.2, 0) is 22.2 Å². The van der Waals surface area contributed by atoms with Gasteiger partial charge in [-0.15, -0.1) is 0 Å². The van der Waals surface area contributed by atoms with E-state index in [1.165, 1.54) is 42.2 Å². The second-order valence-electron chi connectivity index (χ2n) is 15.4. The van der Waals surface area contributed by atoms with E-state index in [1.807, 2.05) is 30.3 Å². The maximum atomic E-state index is 13.5. The normalized spacial score (nSPS) is 11.4. The summed E-state index contributed by atoms with van der Waals surface area (Å²) in [5.41, 5.74) is -2.77. The first-order valence-corrected chi connectivity index (χ1v) is 24.2. The molecule has 4 aromatic carbocycles. The Morgan fingerprint density at radius 3 is 1.27 bits per heavy atom. The smallest absolute Gasteiger partial charge is 0.350 e. The summed E-state index contributed by atoms with van der Waals surface area (Å²) >= 11 is 1.46. The minimum atomic E-state index is -4.85. The molecule has 4 amide bonds. The van der Waals surface area contributed by atoms with Crippen LogP contribution in [0.1, 0.15) is 52.8 Å². The van der Waals surface area contributed by atoms with Gasteiger partial charge in [-0.1, -0.05) is 84.6 Å². The molecule has 0 aliphatic carbocycles. The topological polar surface area (TPSA) is 212 Å². The number of benzene rings is 4. The number of alkyl halides is 6. The third kappa shape index (κ3) is 13.9. The van der Waals surface area contributed by atoms with Crippen molar-refractivity contribution < 1.29 is 53.9 Å². The summed E-state index contributed by atoms with van der Waals surface area (Å²) in [4.78, 5) is 58.9. The van der Waals surface area contributed by atoms with Gasteiger partial charge in [-0.3, -0.25) is 19.2 Å². The third-order valence-electron chi connectivity index (χ3n) is 10.2. The highest BCUT2D eigenvalue weighted by molar-refractivity contribution is 7.99. The number of sulfone groups is 1. The number of amides is 4. The van der Waals surface area contributed by atoms with Crippen LogP contribution in [-0.4, -0.2) is 87.8 Å². The number of para-hydroxylation sites is 2. The molecule has 8 rings (SSSR count). The molecule has 0 radical (unpaired) electrons. The van der Waals surface area contributed by atoms with E-state index in [4.69, 9.17) is 0 Å². The number of nitrogens with zero attached hydrogens (tertiary/aromatic N) is 6. The number of pyridine rings is 2. The van der Waals surface area contributed by atoms with Crippen molar-refractivity contribution in [1.29, 1.82) is 0 Å². The van der Waals surface area contributed by atoms with Gasteiger partial charge in [0.25, 0.3) is 23.6 Å². The molecule has 16 nitrogen and oxygen atoms in total. The molecule has 0 saturated carbocycles. The minimum Gasteiger partial charge on any atom is -0.350 e. The Kier molecular flexibility index (Phi) is 17.0. The standard InChI is InChI=1S/C25H20F3N5O4S.C25H20F3N5O2S/c26-25(27,28)22-20(16-33(32-22)18-7-3-1-4-8-18)24(35)30-14-13-29-23(34)17-11-12-21(31-15-17)38(36,37)19-9-5-2-6-10-19;26-25(27,28)22-20(16-33(32-22)18-7-3-1-4-8-18)24(35)30-14-13-29-23(34)17-11-12-21(31-15-17)36-19-9-5-2-6-10-19/h1-12,15-16H,13-14H2,(H,29,34)(H,30,35);1-12,15-16H,13-14H2,(H,29,34)(H,30,35). The fourth-order valence-electron chi connectivity index (χ4n) is 6.60. The number of rotatable bonds is 16. The molecule has 24 heteroatoms. The third-order valence-corrected chi connectivity index (χ3v) is 12.8. The number of nitrogens with one attached hydrogen (secondary N) is 4. The Morgan fingerprint density at radius 2 is 0.878 bits per heavy atom. The number of carbonyl (C=O) groups is 4.